The molecule has 0 unspecified atom stereocenters. The lowest BCUT2D eigenvalue weighted by Gasteiger charge is -2.36. The van der Waals surface area contributed by atoms with Crippen LogP contribution in [0, 0.1) is 18.6 Å². The Morgan fingerprint density at radius 3 is 1.34 bits per heavy atom. The van der Waals surface area contributed by atoms with Crippen molar-refractivity contribution in [2.24, 2.45) is 0 Å². The topological polar surface area (TPSA) is 72.8 Å². The smallest absolute Gasteiger partial charge is 0.261 e. The van der Waals surface area contributed by atoms with Gasteiger partial charge in [-0.05, 0) is 102 Å². The number of allylic oxidation sites excluding steroid dienone is 1. The maximum absolute atomic E-state index is 13.0. The molecule has 3 rings (SSSR count). The highest BCUT2D eigenvalue weighted by Gasteiger charge is 2.38. The molecule has 53 heavy (non-hydrogen) atoms. The van der Waals surface area contributed by atoms with E-state index in [1.807, 2.05) is 13.0 Å². The molecule has 0 amide bonds. The summed E-state index contributed by atoms with van der Waals surface area (Å²) < 4.78 is 59.8. The quantitative estimate of drug-likeness (QED) is 0.119. The molecule has 0 aromatic heterocycles. The van der Waals surface area contributed by atoms with Gasteiger partial charge < -0.3 is 18.7 Å². The first kappa shape index (κ1) is 52.9. The molecular formula is C40H60Cl2F3O5SSi2-. The van der Waals surface area contributed by atoms with Gasteiger partial charge in [0.25, 0.3) is 9.05 Å². The number of benzene rings is 3. The van der Waals surface area contributed by atoms with E-state index in [4.69, 9.17) is 36.2 Å². The molecule has 300 valence electrons. The Hall–Kier alpha value is -2.23. The Kier molecular flexibility index (Phi) is 22.9. The lowest BCUT2D eigenvalue weighted by Crippen LogP contribution is -3.00. The summed E-state index contributed by atoms with van der Waals surface area (Å²) in [4.78, 5) is 0.143. The number of rotatable bonds is 11. The summed E-state index contributed by atoms with van der Waals surface area (Å²) >= 11 is 5.82. The Labute approximate surface area is 329 Å². The van der Waals surface area contributed by atoms with Crippen LogP contribution in [0.1, 0.15) is 65.7 Å². The minimum absolute atomic E-state index is 0. The fourth-order valence-electron chi connectivity index (χ4n) is 3.70. The third-order valence-corrected chi connectivity index (χ3v) is 19.7. The average Bonchev–Trinajstić information content (AvgIpc) is 3.01. The molecule has 0 fully saturated rings. The standard InChI is InChI=1S/C16H24ClFOSi.C16H25FO2Si.C7H7ClO2S.CH4.FH/c1-16(2,3)20(4,5)19-12-14(10-11-17)13-6-8-15(18)9-7-13;1-16(2,3)20(4,5)19-12-14(10-11-18)13-6-8-15(17)9-7-13;1-6-2-4-7(5-3-6)11(8,9)10;;/h6-10H,11-12H2,1-5H3;6-10,18H,11-12H2,1-5H3;2-5H,1H3;1H4;1H/p-1/b2*14-10-;;;. The van der Waals surface area contributed by atoms with Gasteiger partial charge in [0, 0.05) is 16.6 Å². The fourth-order valence-corrected chi connectivity index (χ4v) is 6.56. The lowest BCUT2D eigenvalue weighted by molar-refractivity contribution is -0.0000172. The molecule has 5 nitrogen and oxygen atoms in total. The summed E-state index contributed by atoms with van der Waals surface area (Å²) in [5, 5.41) is 9.45. The second kappa shape index (κ2) is 23.0. The molecule has 0 aliphatic heterocycles. The van der Waals surface area contributed by atoms with Crippen molar-refractivity contribution in [1.29, 1.82) is 0 Å². The summed E-state index contributed by atoms with van der Waals surface area (Å²) in [5.74, 6) is -0.0696. The van der Waals surface area contributed by atoms with Crippen LogP contribution >= 0.6 is 22.3 Å². The molecule has 0 saturated heterocycles. The van der Waals surface area contributed by atoms with Crippen LogP contribution in [0.4, 0.5) is 8.78 Å². The molecule has 0 atom stereocenters. The second-order valence-corrected chi connectivity index (χ2v) is 27.7. The summed E-state index contributed by atoms with van der Waals surface area (Å²) in [6.45, 7) is 24.8. The molecule has 0 heterocycles. The molecule has 0 spiro atoms. The number of aryl methyl sites for hydroxylation is 1. The molecule has 0 aliphatic rings. The van der Waals surface area contributed by atoms with E-state index < -0.39 is 25.7 Å². The van der Waals surface area contributed by atoms with Crippen molar-refractivity contribution in [2.45, 2.75) is 97.1 Å². The third kappa shape index (κ3) is 18.8. The zero-order valence-electron chi connectivity index (χ0n) is 32.3. The number of aliphatic hydroxyl groups is 1. The molecular weight excluding hydrogens is 777 g/mol. The first-order valence-corrected chi connectivity index (χ1v) is 25.4. The predicted octanol–water partition coefficient (Wildman–Crippen LogP) is 9.26. The summed E-state index contributed by atoms with van der Waals surface area (Å²) in [6, 6.07) is 19.1. The van der Waals surface area contributed by atoms with Crippen molar-refractivity contribution in [3.8, 4) is 0 Å². The highest BCUT2D eigenvalue weighted by atomic mass is 35.7. The largest absolute Gasteiger partial charge is 1.00 e. The van der Waals surface area contributed by atoms with Crippen molar-refractivity contribution in [3.05, 3.63) is 113 Å². The van der Waals surface area contributed by atoms with Crippen molar-refractivity contribution in [3.63, 3.8) is 0 Å². The van der Waals surface area contributed by atoms with E-state index in [1.165, 1.54) is 36.4 Å². The number of hydrogen-bond donors (Lipinski definition) is 1. The van der Waals surface area contributed by atoms with Gasteiger partial charge in [-0.15, -0.1) is 11.6 Å². The van der Waals surface area contributed by atoms with Gasteiger partial charge in [0.2, 0.25) is 0 Å². The number of alkyl halides is 1. The zero-order chi connectivity index (χ0) is 39.3. The van der Waals surface area contributed by atoms with E-state index in [-0.39, 0.29) is 45.3 Å². The Bertz CT molecular complexity index is 1580. The molecule has 3 aromatic carbocycles. The van der Waals surface area contributed by atoms with Gasteiger partial charge in [0.1, 0.15) is 11.6 Å². The molecule has 3 aromatic rings. The normalized spacial score (nSPS) is 12.7. The Balaban J connectivity index is 0. The van der Waals surface area contributed by atoms with Gasteiger partial charge in [-0.3, -0.25) is 0 Å². The predicted molar refractivity (Wildman–Crippen MR) is 224 cm³/mol. The summed E-state index contributed by atoms with van der Waals surface area (Å²) in [5.41, 5.74) is 4.78. The van der Waals surface area contributed by atoms with Gasteiger partial charge in [0.15, 0.2) is 16.6 Å². The average molecular weight is 837 g/mol. The Morgan fingerprint density at radius 1 is 0.717 bits per heavy atom. The van der Waals surface area contributed by atoms with Crippen molar-refractivity contribution >= 4 is 59.1 Å². The second-order valence-electron chi connectivity index (χ2n) is 15.2. The molecule has 0 aliphatic carbocycles. The zero-order valence-corrected chi connectivity index (χ0v) is 36.6. The first-order chi connectivity index (χ1) is 23.3. The molecule has 1 N–H and O–H groups in total. The maximum Gasteiger partial charge on any atom is 0.261 e. The highest BCUT2D eigenvalue weighted by molar-refractivity contribution is 8.13. The van der Waals surface area contributed by atoms with Gasteiger partial charge in [0.05, 0.1) is 24.7 Å². The minimum Gasteiger partial charge on any atom is -1.00 e. The SMILES string of the molecule is C.CC(C)(C)[Si](C)(C)OC/C(=C/CCl)c1ccc(F)cc1.CC(C)(C)[Si](C)(C)OC/C(=C/CO)c1ccc(F)cc1.Cc1ccc(S(=O)(=O)Cl)cc1.[F-]. The highest BCUT2D eigenvalue weighted by Crippen LogP contribution is 2.38. The van der Waals surface area contributed by atoms with Crippen LogP contribution in [0.2, 0.25) is 36.3 Å². The summed E-state index contributed by atoms with van der Waals surface area (Å²) in [7, 11) is -2.10. The van der Waals surface area contributed by atoms with Crippen LogP contribution in [0.25, 0.3) is 11.1 Å². The molecule has 0 radical (unpaired) electrons. The van der Waals surface area contributed by atoms with E-state index in [9.17, 15) is 17.2 Å². The van der Waals surface area contributed by atoms with E-state index in [2.05, 4.69) is 67.7 Å². The van der Waals surface area contributed by atoms with Crippen molar-refractivity contribution in [1.82, 2.24) is 0 Å². The van der Waals surface area contributed by atoms with Gasteiger partial charge in [-0.1, -0.05) is 103 Å². The van der Waals surface area contributed by atoms with E-state index in [0.717, 1.165) is 27.8 Å². The van der Waals surface area contributed by atoms with Crippen molar-refractivity contribution < 1.29 is 35.9 Å². The number of halogens is 5. The third-order valence-electron chi connectivity index (χ3n) is 9.18. The van der Waals surface area contributed by atoms with Crippen LogP contribution in [0.15, 0.2) is 89.8 Å². The fraction of sp³-hybridized carbons (Fsp3) is 0.450. The monoisotopic (exact) mass is 835 g/mol. The first-order valence-electron chi connectivity index (χ1n) is 16.7. The van der Waals surface area contributed by atoms with Gasteiger partial charge in [-0.2, -0.15) is 0 Å². The number of aliphatic hydroxyl groups excluding tert-OH is 1. The van der Waals surface area contributed by atoms with Crippen LogP contribution in [-0.4, -0.2) is 55.9 Å². The molecule has 0 saturated carbocycles. The van der Waals surface area contributed by atoms with Crippen LogP contribution < -0.4 is 4.70 Å². The van der Waals surface area contributed by atoms with E-state index in [0.29, 0.717) is 19.1 Å². The van der Waals surface area contributed by atoms with E-state index in [1.54, 1.807) is 42.5 Å². The van der Waals surface area contributed by atoms with Gasteiger partial charge >= 0.3 is 0 Å². The maximum atomic E-state index is 13.0. The van der Waals surface area contributed by atoms with Crippen LogP contribution in [0.5, 0.6) is 0 Å². The number of hydrogen-bond acceptors (Lipinski definition) is 5. The van der Waals surface area contributed by atoms with Gasteiger partial charge in [-0.25, -0.2) is 17.2 Å². The summed E-state index contributed by atoms with van der Waals surface area (Å²) in [6.07, 6.45) is 3.66. The van der Waals surface area contributed by atoms with Crippen LogP contribution in [-0.2, 0) is 17.9 Å². The Morgan fingerprint density at radius 2 is 1.06 bits per heavy atom. The van der Waals surface area contributed by atoms with E-state index >= 15 is 0 Å². The van der Waals surface area contributed by atoms with Crippen LogP contribution in [0.3, 0.4) is 0 Å². The molecule has 13 heteroatoms. The van der Waals surface area contributed by atoms with Crippen molar-refractivity contribution in [2.75, 3.05) is 25.7 Å². The molecule has 0 bridgehead atoms. The lowest BCUT2D eigenvalue weighted by atomic mass is 10.1. The minimum atomic E-state index is -3.55.